The lowest BCUT2D eigenvalue weighted by molar-refractivity contribution is -0.313. The van der Waals surface area contributed by atoms with Gasteiger partial charge in [0.1, 0.15) is 0 Å². The third-order valence-corrected chi connectivity index (χ3v) is 5.38. The van der Waals surface area contributed by atoms with Crippen molar-refractivity contribution < 1.29 is 19.5 Å². The molecule has 0 unspecified atom stereocenters. The highest BCUT2D eigenvalue weighted by Gasteiger charge is 2.31. The molecule has 0 saturated heterocycles. The molecule has 1 aliphatic carbocycles. The van der Waals surface area contributed by atoms with Gasteiger partial charge in [-0.2, -0.15) is 0 Å². The third kappa shape index (κ3) is 5.44. The van der Waals surface area contributed by atoms with Gasteiger partial charge in [-0.3, -0.25) is 9.59 Å². The lowest BCUT2D eigenvalue weighted by Gasteiger charge is -2.31. The van der Waals surface area contributed by atoms with Crippen molar-refractivity contribution in [3.05, 3.63) is 59.7 Å². The maximum Gasteiger partial charge on any atom is 0.228 e. The Hall–Kier alpha value is -3.15. The Labute approximate surface area is 170 Å². The highest BCUT2D eigenvalue weighted by molar-refractivity contribution is 5.96. The number of carbonyl (C=O) groups excluding carboxylic acids is 3. The standard InChI is InChI=1S/C23H26N2O4/c1-15-13-17(24-22(27)18-9-5-6-10-19(18)23(28)29)11-12-20(15)25-21(26)14-16-7-3-2-4-8-16/h2-4,7-8,11-13,18-19H,5-6,9-10,14H2,1H3,(H,24,27)(H,25,26)(H,28,29)/p-1/t18-,19+/m0/s1. The van der Waals surface area contributed by atoms with Crippen molar-refractivity contribution in [2.75, 3.05) is 10.6 Å². The first-order valence-corrected chi connectivity index (χ1v) is 9.90. The van der Waals surface area contributed by atoms with Crippen LogP contribution in [-0.2, 0) is 20.8 Å². The Bertz CT molecular complexity index is 895. The molecule has 29 heavy (non-hydrogen) atoms. The SMILES string of the molecule is Cc1cc(NC(=O)[C@H]2CCCC[C@H]2C(=O)[O-])ccc1NC(=O)Cc1ccccc1. The molecule has 0 aromatic heterocycles. The van der Waals surface area contributed by atoms with Crippen LogP contribution < -0.4 is 15.7 Å². The van der Waals surface area contributed by atoms with Crippen molar-refractivity contribution in [3.63, 3.8) is 0 Å². The number of nitrogens with one attached hydrogen (secondary N) is 2. The zero-order valence-electron chi connectivity index (χ0n) is 16.4. The van der Waals surface area contributed by atoms with Crippen LogP contribution in [0.1, 0.15) is 36.8 Å². The first-order chi connectivity index (χ1) is 13.9. The van der Waals surface area contributed by atoms with E-state index >= 15 is 0 Å². The molecular formula is C23H25N2O4-. The Morgan fingerprint density at radius 1 is 0.966 bits per heavy atom. The van der Waals surface area contributed by atoms with Gasteiger partial charge in [-0.25, -0.2) is 0 Å². The van der Waals surface area contributed by atoms with Gasteiger partial charge in [-0.15, -0.1) is 0 Å². The normalized spacial score (nSPS) is 18.7. The summed E-state index contributed by atoms with van der Waals surface area (Å²) in [5.41, 5.74) is 3.00. The molecular weight excluding hydrogens is 368 g/mol. The summed E-state index contributed by atoms with van der Waals surface area (Å²) >= 11 is 0. The smallest absolute Gasteiger partial charge is 0.228 e. The molecule has 2 amide bonds. The Balaban J connectivity index is 1.62. The van der Waals surface area contributed by atoms with Crippen molar-refractivity contribution in [2.24, 2.45) is 11.8 Å². The number of amides is 2. The van der Waals surface area contributed by atoms with Crippen LogP contribution in [0.5, 0.6) is 0 Å². The van der Waals surface area contributed by atoms with Crippen molar-refractivity contribution in [1.29, 1.82) is 0 Å². The van der Waals surface area contributed by atoms with E-state index in [1.807, 2.05) is 37.3 Å². The van der Waals surface area contributed by atoms with Crippen LogP contribution in [-0.4, -0.2) is 17.8 Å². The first-order valence-electron chi connectivity index (χ1n) is 9.90. The van der Waals surface area contributed by atoms with E-state index in [4.69, 9.17) is 0 Å². The van der Waals surface area contributed by atoms with Gasteiger partial charge in [0.25, 0.3) is 0 Å². The highest BCUT2D eigenvalue weighted by atomic mass is 16.4. The van der Waals surface area contributed by atoms with E-state index in [0.717, 1.165) is 24.0 Å². The van der Waals surface area contributed by atoms with E-state index in [2.05, 4.69) is 10.6 Å². The molecule has 6 heteroatoms. The van der Waals surface area contributed by atoms with Crippen LogP contribution in [0.4, 0.5) is 11.4 Å². The maximum absolute atomic E-state index is 12.6. The quantitative estimate of drug-likeness (QED) is 0.788. The molecule has 0 heterocycles. The van der Waals surface area contributed by atoms with Crippen molar-refractivity contribution in [1.82, 2.24) is 0 Å². The predicted molar refractivity (Wildman–Crippen MR) is 109 cm³/mol. The predicted octanol–water partition coefficient (Wildman–Crippen LogP) is 2.67. The average molecular weight is 393 g/mol. The van der Waals surface area contributed by atoms with E-state index in [1.54, 1.807) is 18.2 Å². The topological polar surface area (TPSA) is 98.3 Å². The number of carboxylic acid groups (broad SMARTS) is 1. The number of rotatable bonds is 6. The number of hydrogen-bond acceptors (Lipinski definition) is 4. The van der Waals surface area contributed by atoms with E-state index in [0.29, 0.717) is 24.2 Å². The van der Waals surface area contributed by atoms with Gasteiger partial charge in [0, 0.05) is 29.2 Å². The van der Waals surface area contributed by atoms with Crippen LogP contribution in [0, 0.1) is 18.8 Å². The average Bonchev–Trinajstić information content (AvgIpc) is 2.70. The Morgan fingerprint density at radius 3 is 2.31 bits per heavy atom. The molecule has 2 aromatic carbocycles. The van der Waals surface area contributed by atoms with Crippen molar-refractivity contribution in [2.45, 2.75) is 39.0 Å². The minimum Gasteiger partial charge on any atom is -0.550 e. The molecule has 2 atom stereocenters. The molecule has 2 aromatic rings. The fraction of sp³-hybridized carbons (Fsp3) is 0.348. The van der Waals surface area contributed by atoms with Crippen molar-refractivity contribution in [3.8, 4) is 0 Å². The second-order valence-electron chi connectivity index (χ2n) is 7.55. The van der Waals surface area contributed by atoms with Gasteiger partial charge >= 0.3 is 0 Å². The molecule has 6 nitrogen and oxygen atoms in total. The van der Waals surface area contributed by atoms with Crippen LogP contribution in [0.25, 0.3) is 0 Å². The number of benzene rings is 2. The minimum absolute atomic E-state index is 0.116. The summed E-state index contributed by atoms with van der Waals surface area (Å²) in [6, 6.07) is 14.7. The number of carbonyl (C=O) groups is 3. The van der Waals surface area contributed by atoms with Gasteiger partial charge in [-0.05, 0) is 49.1 Å². The third-order valence-electron chi connectivity index (χ3n) is 5.38. The van der Waals surface area contributed by atoms with Crippen molar-refractivity contribution >= 4 is 29.2 Å². The molecule has 2 N–H and O–H groups in total. The van der Waals surface area contributed by atoms with Gasteiger partial charge < -0.3 is 20.5 Å². The number of aliphatic carboxylic acids is 1. The number of anilines is 2. The second kappa shape index (κ2) is 9.37. The fourth-order valence-electron chi connectivity index (χ4n) is 3.82. The summed E-state index contributed by atoms with van der Waals surface area (Å²) in [7, 11) is 0. The summed E-state index contributed by atoms with van der Waals surface area (Å²) in [5, 5.41) is 17.0. The van der Waals surface area contributed by atoms with Crippen LogP contribution >= 0.6 is 0 Å². The fourth-order valence-corrected chi connectivity index (χ4v) is 3.82. The zero-order valence-corrected chi connectivity index (χ0v) is 16.4. The molecule has 0 aliphatic heterocycles. The Morgan fingerprint density at radius 2 is 1.66 bits per heavy atom. The summed E-state index contributed by atoms with van der Waals surface area (Å²) in [5.74, 6) is -2.87. The lowest BCUT2D eigenvalue weighted by Crippen LogP contribution is -2.42. The first kappa shape index (κ1) is 20.6. The summed E-state index contributed by atoms with van der Waals surface area (Å²) in [6.07, 6.45) is 2.96. The van der Waals surface area contributed by atoms with E-state index < -0.39 is 17.8 Å². The van der Waals surface area contributed by atoms with Crippen LogP contribution in [0.15, 0.2) is 48.5 Å². The number of carboxylic acids is 1. The van der Waals surface area contributed by atoms with Gasteiger partial charge in [0.2, 0.25) is 11.8 Å². The maximum atomic E-state index is 12.6. The van der Waals surface area contributed by atoms with E-state index in [1.165, 1.54) is 0 Å². The van der Waals surface area contributed by atoms with Gasteiger partial charge in [0.15, 0.2) is 0 Å². The molecule has 1 fully saturated rings. The second-order valence-corrected chi connectivity index (χ2v) is 7.55. The molecule has 0 spiro atoms. The van der Waals surface area contributed by atoms with Crippen LogP contribution in [0.2, 0.25) is 0 Å². The summed E-state index contributed by atoms with van der Waals surface area (Å²) in [4.78, 5) is 36.2. The largest absolute Gasteiger partial charge is 0.550 e. The van der Waals surface area contributed by atoms with Gasteiger partial charge in [-0.1, -0.05) is 43.2 Å². The summed E-state index contributed by atoms with van der Waals surface area (Å²) in [6.45, 7) is 1.85. The zero-order chi connectivity index (χ0) is 20.8. The lowest BCUT2D eigenvalue weighted by atomic mass is 9.78. The molecule has 152 valence electrons. The van der Waals surface area contributed by atoms with E-state index in [-0.39, 0.29) is 18.2 Å². The number of hydrogen-bond donors (Lipinski definition) is 2. The Kier molecular flexibility index (Phi) is 6.65. The molecule has 1 saturated carbocycles. The number of aryl methyl sites for hydroxylation is 1. The highest BCUT2D eigenvalue weighted by Crippen LogP contribution is 2.31. The molecule has 0 bridgehead atoms. The van der Waals surface area contributed by atoms with Crippen LogP contribution in [0.3, 0.4) is 0 Å². The molecule has 3 rings (SSSR count). The minimum atomic E-state index is -1.16. The van der Waals surface area contributed by atoms with Gasteiger partial charge in [0.05, 0.1) is 6.42 Å². The van der Waals surface area contributed by atoms with E-state index in [9.17, 15) is 19.5 Å². The monoisotopic (exact) mass is 393 g/mol. The molecule has 1 aliphatic rings. The molecule has 0 radical (unpaired) electrons. The summed E-state index contributed by atoms with van der Waals surface area (Å²) < 4.78 is 0.